The molecule has 2 aromatic carbocycles. The summed E-state index contributed by atoms with van der Waals surface area (Å²) in [5.41, 5.74) is 1.43. The zero-order valence-electron chi connectivity index (χ0n) is 12.6. The van der Waals surface area contributed by atoms with Crippen LogP contribution in [0.2, 0.25) is 5.02 Å². The van der Waals surface area contributed by atoms with Crippen LogP contribution in [0.25, 0.3) is 11.4 Å². The van der Waals surface area contributed by atoms with Crippen molar-refractivity contribution >= 4 is 23.2 Å². The number of rotatable bonds is 5. The smallest absolute Gasteiger partial charge is 0.262 e. The average Bonchev–Trinajstić information content (AvgIpc) is 2.63. The summed E-state index contributed by atoms with van der Waals surface area (Å²) in [6.07, 6.45) is 3.13. The molecule has 1 amide bonds. The summed E-state index contributed by atoms with van der Waals surface area (Å²) in [5, 5.41) is 3.30. The third-order valence-corrected chi connectivity index (χ3v) is 3.40. The topological polar surface area (TPSA) is 64.1 Å². The molecule has 0 aliphatic rings. The van der Waals surface area contributed by atoms with Crippen LogP contribution in [0.1, 0.15) is 0 Å². The Bertz CT molecular complexity index is 806. The van der Waals surface area contributed by atoms with Crippen LogP contribution in [-0.4, -0.2) is 22.5 Å². The van der Waals surface area contributed by atoms with Crippen molar-refractivity contribution in [2.75, 3.05) is 11.9 Å². The first-order valence-corrected chi connectivity index (χ1v) is 7.64. The fraction of sp³-hybridized carbons (Fsp3) is 0.0556. The van der Waals surface area contributed by atoms with Gasteiger partial charge in [-0.1, -0.05) is 41.9 Å². The van der Waals surface area contributed by atoms with Crippen LogP contribution in [0.5, 0.6) is 5.75 Å². The van der Waals surface area contributed by atoms with Crippen LogP contribution >= 0.6 is 11.6 Å². The molecule has 24 heavy (non-hydrogen) atoms. The van der Waals surface area contributed by atoms with Gasteiger partial charge in [-0.05, 0) is 24.3 Å². The van der Waals surface area contributed by atoms with Gasteiger partial charge in [0.25, 0.3) is 5.91 Å². The third-order valence-electron chi connectivity index (χ3n) is 3.15. The van der Waals surface area contributed by atoms with E-state index in [-0.39, 0.29) is 12.5 Å². The number of carbonyl (C=O) groups is 1. The number of anilines is 1. The Morgan fingerprint density at radius 3 is 2.33 bits per heavy atom. The van der Waals surface area contributed by atoms with Gasteiger partial charge in [0.1, 0.15) is 5.75 Å². The van der Waals surface area contributed by atoms with Crippen LogP contribution in [0, 0.1) is 0 Å². The molecule has 0 aliphatic carbocycles. The molecule has 6 heteroatoms. The van der Waals surface area contributed by atoms with Crippen molar-refractivity contribution in [3.63, 3.8) is 0 Å². The largest absolute Gasteiger partial charge is 0.484 e. The second-order valence-corrected chi connectivity index (χ2v) is 5.39. The van der Waals surface area contributed by atoms with E-state index < -0.39 is 0 Å². The van der Waals surface area contributed by atoms with Crippen LogP contribution in [0.3, 0.4) is 0 Å². The highest BCUT2D eigenvalue weighted by Gasteiger charge is 2.06. The number of benzene rings is 2. The van der Waals surface area contributed by atoms with E-state index in [2.05, 4.69) is 15.3 Å². The van der Waals surface area contributed by atoms with Gasteiger partial charge in [-0.2, -0.15) is 0 Å². The number of nitrogens with one attached hydrogen (secondary N) is 1. The standard InChI is InChI=1S/C18H14ClN3O2/c19-14-6-8-16(9-7-14)24-12-17(23)22-15-10-20-18(21-11-15)13-4-2-1-3-5-13/h1-11H,12H2,(H,22,23). The predicted molar refractivity (Wildman–Crippen MR) is 93.0 cm³/mol. The summed E-state index contributed by atoms with van der Waals surface area (Å²) >= 11 is 5.79. The molecule has 0 radical (unpaired) electrons. The summed E-state index contributed by atoms with van der Waals surface area (Å²) in [6, 6.07) is 16.4. The Kier molecular flexibility index (Phi) is 5.03. The number of nitrogens with zero attached hydrogens (tertiary/aromatic N) is 2. The van der Waals surface area contributed by atoms with E-state index >= 15 is 0 Å². The van der Waals surface area contributed by atoms with Gasteiger partial charge in [-0.15, -0.1) is 0 Å². The Morgan fingerprint density at radius 1 is 1.00 bits per heavy atom. The zero-order valence-corrected chi connectivity index (χ0v) is 13.4. The first-order valence-electron chi connectivity index (χ1n) is 7.26. The molecule has 0 unspecified atom stereocenters. The van der Waals surface area contributed by atoms with E-state index in [4.69, 9.17) is 16.3 Å². The van der Waals surface area contributed by atoms with Crippen molar-refractivity contribution in [2.24, 2.45) is 0 Å². The summed E-state index contributed by atoms with van der Waals surface area (Å²) in [7, 11) is 0. The number of ether oxygens (including phenoxy) is 1. The Hall–Kier alpha value is -2.92. The molecular weight excluding hydrogens is 326 g/mol. The fourth-order valence-electron chi connectivity index (χ4n) is 2.01. The minimum atomic E-state index is -0.291. The summed E-state index contributed by atoms with van der Waals surface area (Å²) in [6.45, 7) is -0.109. The summed E-state index contributed by atoms with van der Waals surface area (Å²) in [4.78, 5) is 20.4. The number of hydrogen-bond acceptors (Lipinski definition) is 4. The van der Waals surface area contributed by atoms with Crippen LogP contribution in [-0.2, 0) is 4.79 Å². The van der Waals surface area contributed by atoms with E-state index in [1.54, 1.807) is 36.7 Å². The molecule has 0 atom stereocenters. The van der Waals surface area contributed by atoms with E-state index in [0.29, 0.717) is 22.3 Å². The second-order valence-electron chi connectivity index (χ2n) is 4.95. The lowest BCUT2D eigenvalue weighted by atomic mass is 10.2. The molecule has 0 fully saturated rings. The molecule has 0 saturated carbocycles. The van der Waals surface area contributed by atoms with Crippen LogP contribution in [0.15, 0.2) is 67.0 Å². The van der Waals surface area contributed by atoms with Crippen molar-refractivity contribution in [3.8, 4) is 17.1 Å². The van der Waals surface area contributed by atoms with Gasteiger partial charge in [0.05, 0.1) is 18.1 Å². The van der Waals surface area contributed by atoms with Crippen molar-refractivity contribution in [1.82, 2.24) is 9.97 Å². The van der Waals surface area contributed by atoms with Crippen molar-refractivity contribution < 1.29 is 9.53 Å². The molecular formula is C18H14ClN3O2. The molecule has 0 saturated heterocycles. The Labute approximate surface area is 144 Å². The molecule has 1 heterocycles. The zero-order chi connectivity index (χ0) is 16.8. The van der Waals surface area contributed by atoms with Gasteiger partial charge in [0.2, 0.25) is 0 Å². The van der Waals surface area contributed by atoms with Gasteiger partial charge in [0, 0.05) is 10.6 Å². The number of halogens is 1. The lowest BCUT2D eigenvalue weighted by Gasteiger charge is -2.07. The highest BCUT2D eigenvalue weighted by Crippen LogP contribution is 2.16. The Balaban J connectivity index is 1.55. The number of amides is 1. The van der Waals surface area contributed by atoms with Gasteiger partial charge < -0.3 is 10.1 Å². The molecule has 3 rings (SSSR count). The van der Waals surface area contributed by atoms with Crippen molar-refractivity contribution in [3.05, 3.63) is 72.0 Å². The molecule has 3 aromatic rings. The second kappa shape index (κ2) is 7.57. The van der Waals surface area contributed by atoms with Gasteiger partial charge in [-0.25, -0.2) is 9.97 Å². The Morgan fingerprint density at radius 2 is 1.67 bits per heavy atom. The van der Waals surface area contributed by atoms with Crippen LogP contribution in [0.4, 0.5) is 5.69 Å². The number of carbonyl (C=O) groups excluding carboxylic acids is 1. The molecule has 1 N–H and O–H groups in total. The fourth-order valence-corrected chi connectivity index (χ4v) is 2.13. The lowest BCUT2D eigenvalue weighted by Crippen LogP contribution is -2.20. The van der Waals surface area contributed by atoms with Crippen LogP contribution < -0.4 is 10.1 Å². The van der Waals surface area contributed by atoms with E-state index in [1.807, 2.05) is 30.3 Å². The normalized spacial score (nSPS) is 10.2. The summed E-state index contributed by atoms with van der Waals surface area (Å²) in [5.74, 6) is 0.886. The number of aromatic nitrogens is 2. The maximum atomic E-state index is 11.9. The minimum Gasteiger partial charge on any atom is -0.484 e. The predicted octanol–water partition coefficient (Wildman–Crippen LogP) is 3.81. The molecule has 5 nitrogen and oxygen atoms in total. The molecule has 0 spiro atoms. The third kappa shape index (κ3) is 4.30. The van der Waals surface area contributed by atoms with E-state index in [9.17, 15) is 4.79 Å². The maximum absolute atomic E-state index is 11.9. The number of hydrogen-bond donors (Lipinski definition) is 1. The highest BCUT2D eigenvalue weighted by molar-refractivity contribution is 6.30. The lowest BCUT2D eigenvalue weighted by molar-refractivity contribution is -0.118. The molecule has 0 aliphatic heterocycles. The first kappa shape index (κ1) is 16.0. The maximum Gasteiger partial charge on any atom is 0.262 e. The van der Waals surface area contributed by atoms with E-state index in [1.165, 1.54) is 0 Å². The van der Waals surface area contributed by atoms with E-state index in [0.717, 1.165) is 5.56 Å². The summed E-state index contributed by atoms with van der Waals surface area (Å²) < 4.78 is 5.38. The average molecular weight is 340 g/mol. The highest BCUT2D eigenvalue weighted by atomic mass is 35.5. The van der Waals surface area contributed by atoms with Gasteiger partial charge >= 0.3 is 0 Å². The van der Waals surface area contributed by atoms with Gasteiger partial charge in [-0.3, -0.25) is 4.79 Å². The molecule has 1 aromatic heterocycles. The van der Waals surface area contributed by atoms with Crippen molar-refractivity contribution in [2.45, 2.75) is 0 Å². The monoisotopic (exact) mass is 339 g/mol. The molecule has 0 bridgehead atoms. The quantitative estimate of drug-likeness (QED) is 0.767. The SMILES string of the molecule is O=C(COc1ccc(Cl)cc1)Nc1cnc(-c2ccccc2)nc1. The first-order chi connectivity index (χ1) is 11.7. The molecule has 120 valence electrons. The van der Waals surface area contributed by atoms with Crippen molar-refractivity contribution in [1.29, 1.82) is 0 Å². The minimum absolute atomic E-state index is 0.109. The van der Waals surface area contributed by atoms with Gasteiger partial charge in [0.15, 0.2) is 12.4 Å².